The molecule has 0 radical (unpaired) electrons. The van der Waals surface area contributed by atoms with Gasteiger partial charge in [-0.25, -0.2) is 4.39 Å². The topological polar surface area (TPSA) is 71.2 Å². The van der Waals surface area contributed by atoms with E-state index in [1.54, 1.807) is 6.92 Å². The zero-order valence-corrected chi connectivity index (χ0v) is 14.5. The van der Waals surface area contributed by atoms with Gasteiger partial charge in [0.05, 0.1) is 25.2 Å². The summed E-state index contributed by atoms with van der Waals surface area (Å²) in [7, 11) is 0. The molecule has 5 nitrogen and oxygen atoms in total. The summed E-state index contributed by atoms with van der Waals surface area (Å²) in [5.74, 6) is -0.297. The molecule has 1 aliphatic carbocycles. The Kier molecular flexibility index (Phi) is 4.36. The lowest BCUT2D eigenvalue weighted by Gasteiger charge is -2.24. The van der Waals surface area contributed by atoms with Gasteiger partial charge in [0.1, 0.15) is 5.82 Å². The predicted molar refractivity (Wildman–Crippen MR) is 101 cm³/mol. The molecule has 2 N–H and O–H groups in total. The molecule has 1 saturated heterocycles. The number of pyridine rings is 1. The lowest BCUT2D eigenvalue weighted by atomic mass is 9.87. The average Bonchev–Trinajstić information content (AvgIpc) is 3.02. The smallest absolute Gasteiger partial charge is 0.252 e. The number of aromatic amines is 1. The zero-order chi connectivity index (χ0) is 18.3. The Morgan fingerprint density at radius 1 is 1.38 bits per heavy atom. The first-order chi connectivity index (χ1) is 12.5. The molecule has 1 aromatic heterocycles. The number of ether oxygens (including phenoxy) is 1. The molecule has 1 fully saturated rings. The Bertz CT molecular complexity index is 960. The van der Waals surface area contributed by atoms with Gasteiger partial charge in [0.25, 0.3) is 5.56 Å². The van der Waals surface area contributed by atoms with Crippen molar-refractivity contribution in [2.75, 3.05) is 6.61 Å². The van der Waals surface area contributed by atoms with Crippen LogP contribution in [0.5, 0.6) is 0 Å². The fourth-order valence-electron chi connectivity index (χ4n) is 4.02. The van der Waals surface area contributed by atoms with Gasteiger partial charge < -0.3 is 15.0 Å². The molecule has 1 aliphatic heterocycles. The molecule has 1 aromatic carbocycles. The van der Waals surface area contributed by atoms with Crippen LogP contribution in [0, 0.1) is 18.7 Å². The summed E-state index contributed by atoms with van der Waals surface area (Å²) >= 11 is 0. The number of fused-ring (bicyclic) bond motifs is 2. The number of H-pyrrole nitrogens is 1. The number of hydrogen-bond acceptors (Lipinski definition) is 3. The highest BCUT2D eigenvalue weighted by molar-refractivity contribution is 5.85. The van der Waals surface area contributed by atoms with E-state index in [0.29, 0.717) is 28.6 Å². The van der Waals surface area contributed by atoms with Crippen LogP contribution in [0.2, 0.25) is 0 Å². The molecular formula is C20H25FN2O3. The van der Waals surface area contributed by atoms with Crippen molar-refractivity contribution in [3.63, 3.8) is 0 Å². The second-order valence-corrected chi connectivity index (χ2v) is 7.08. The molecular weight excluding hydrogens is 335 g/mol. The molecule has 4 rings (SSSR count). The molecule has 2 unspecified atom stereocenters. The van der Waals surface area contributed by atoms with Crippen molar-refractivity contribution < 1.29 is 16.8 Å². The van der Waals surface area contributed by atoms with Crippen molar-refractivity contribution in [2.24, 2.45) is 5.92 Å². The number of aromatic nitrogens is 1. The molecule has 1 amide bonds. The highest BCUT2D eigenvalue weighted by Gasteiger charge is 2.37. The van der Waals surface area contributed by atoms with Crippen LogP contribution in [-0.4, -0.2) is 29.6 Å². The standard InChI is InChI=1S/C20H21FN2O3.2H2/c1-11-14-8-12(21)6-7-16(14)23-20(25)15(11)9-19(24)22-17-10-26-18-5-3-2-4-13(17)18;;/h2-3,6-8,13,17-18H,4-5,9-10H2,1H3,(H,22,24)(H,23,25);2*1H/t13?,17-,18?;;/m0../s1. The number of hydrogen-bond donors (Lipinski definition) is 2. The van der Waals surface area contributed by atoms with Crippen LogP contribution in [0.3, 0.4) is 0 Å². The van der Waals surface area contributed by atoms with Crippen LogP contribution in [0.1, 0.15) is 26.8 Å². The first kappa shape index (κ1) is 17.0. The van der Waals surface area contributed by atoms with Crippen molar-refractivity contribution in [1.29, 1.82) is 0 Å². The van der Waals surface area contributed by atoms with E-state index < -0.39 is 0 Å². The molecule has 0 bridgehead atoms. The van der Waals surface area contributed by atoms with E-state index in [1.807, 2.05) is 0 Å². The van der Waals surface area contributed by atoms with E-state index in [4.69, 9.17) is 4.74 Å². The molecule has 2 aliphatic rings. The van der Waals surface area contributed by atoms with Crippen molar-refractivity contribution in [1.82, 2.24) is 10.3 Å². The Hall–Kier alpha value is -2.47. The van der Waals surface area contributed by atoms with Crippen molar-refractivity contribution >= 4 is 16.8 Å². The van der Waals surface area contributed by atoms with Gasteiger partial charge in [0, 0.05) is 25.2 Å². The van der Waals surface area contributed by atoms with E-state index in [2.05, 4.69) is 22.5 Å². The minimum absolute atomic E-state index is 0. The van der Waals surface area contributed by atoms with Crippen LogP contribution < -0.4 is 10.9 Å². The van der Waals surface area contributed by atoms with Crippen LogP contribution in [0.15, 0.2) is 35.1 Å². The first-order valence-corrected chi connectivity index (χ1v) is 8.90. The summed E-state index contributed by atoms with van der Waals surface area (Å²) in [5.41, 5.74) is 1.27. The third-order valence-corrected chi connectivity index (χ3v) is 5.47. The summed E-state index contributed by atoms with van der Waals surface area (Å²) in [4.78, 5) is 27.6. The summed E-state index contributed by atoms with van der Waals surface area (Å²) in [6, 6.07) is 4.19. The van der Waals surface area contributed by atoms with Crippen molar-refractivity contribution in [2.45, 2.75) is 38.3 Å². The number of halogens is 1. The summed E-state index contributed by atoms with van der Waals surface area (Å²) in [6.07, 6.45) is 6.15. The lowest BCUT2D eigenvalue weighted by Crippen LogP contribution is -2.42. The molecule has 6 heteroatoms. The fraction of sp³-hybridized carbons (Fsp3) is 0.400. The highest BCUT2D eigenvalue weighted by atomic mass is 19.1. The second-order valence-electron chi connectivity index (χ2n) is 7.08. The monoisotopic (exact) mass is 360 g/mol. The van der Waals surface area contributed by atoms with E-state index in [0.717, 1.165) is 12.8 Å². The molecule has 140 valence electrons. The average molecular weight is 360 g/mol. The van der Waals surface area contributed by atoms with Crippen LogP contribution >= 0.6 is 0 Å². The lowest BCUT2D eigenvalue weighted by molar-refractivity contribution is -0.121. The number of rotatable bonds is 3. The number of nitrogens with one attached hydrogen (secondary N) is 2. The van der Waals surface area contributed by atoms with E-state index in [9.17, 15) is 14.0 Å². The third kappa shape index (κ3) is 3.05. The number of amides is 1. The Morgan fingerprint density at radius 3 is 3.04 bits per heavy atom. The SMILES string of the molecule is Cc1c(CC(=O)N[C@H]2COC3CC=CCC32)c(=O)[nH]c2ccc(F)cc12.[HH].[HH]. The summed E-state index contributed by atoms with van der Waals surface area (Å²) in [6.45, 7) is 2.25. The first-order valence-electron chi connectivity index (χ1n) is 8.90. The van der Waals surface area contributed by atoms with E-state index in [-0.39, 0.29) is 44.6 Å². The minimum Gasteiger partial charge on any atom is -0.375 e. The number of carbonyl (C=O) groups is 1. The second kappa shape index (κ2) is 6.68. The maximum atomic E-state index is 13.5. The minimum atomic E-state index is -0.373. The largest absolute Gasteiger partial charge is 0.375 e. The number of benzene rings is 1. The van der Waals surface area contributed by atoms with Gasteiger partial charge in [-0.1, -0.05) is 12.2 Å². The normalized spacial score (nSPS) is 24.6. The molecule has 26 heavy (non-hydrogen) atoms. The number of carbonyl (C=O) groups excluding carboxylic acids is 1. The molecule has 2 aromatic rings. The number of aryl methyl sites for hydroxylation is 1. The predicted octanol–water partition coefficient (Wildman–Crippen LogP) is 2.86. The Labute approximate surface area is 153 Å². The molecule has 3 atom stereocenters. The quantitative estimate of drug-likeness (QED) is 0.827. The highest BCUT2D eigenvalue weighted by Crippen LogP contribution is 2.31. The van der Waals surface area contributed by atoms with Gasteiger partial charge in [0.15, 0.2) is 0 Å². The summed E-state index contributed by atoms with van der Waals surface area (Å²) in [5, 5.41) is 3.64. The summed E-state index contributed by atoms with van der Waals surface area (Å²) < 4.78 is 19.3. The van der Waals surface area contributed by atoms with Crippen LogP contribution in [0.25, 0.3) is 10.9 Å². The van der Waals surface area contributed by atoms with Gasteiger partial charge in [-0.15, -0.1) is 0 Å². The van der Waals surface area contributed by atoms with Gasteiger partial charge in [0.2, 0.25) is 5.91 Å². The molecule has 0 saturated carbocycles. The van der Waals surface area contributed by atoms with Gasteiger partial charge >= 0.3 is 0 Å². The number of allylic oxidation sites excluding steroid dienone is 1. The van der Waals surface area contributed by atoms with Crippen molar-refractivity contribution in [3.8, 4) is 0 Å². The maximum Gasteiger partial charge on any atom is 0.252 e. The van der Waals surface area contributed by atoms with Gasteiger partial charge in [-0.3, -0.25) is 9.59 Å². The van der Waals surface area contributed by atoms with Crippen LogP contribution in [-0.2, 0) is 16.0 Å². The van der Waals surface area contributed by atoms with Gasteiger partial charge in [-0.05, 0) is 43.5 Å². The zero-order valence-electron chi connectivity index (χ0n) is 14.5. The van der Waals surface area contributed by atoms with Crippen LogP contribution in [0.4, 0.5) is 4.39 Å². The molecule has 2 heterocycles. The van der Waals surface area contributed by atoms with E-state index >= 15 is 0 Å². The maximum absolute atomic E-state index is 13.5. The molecule has 0 spiro atoms. The van der Waals surface area contributed by atoms with Gasteiger partial charge in [-0.2, -0.15) is 0 Å². The Balaban J connectivity index is 0.00000140. The third-order valence-electron chi connectivity index (χ3n) is 5.47. The van der Waals surface area contributed by atoms with E-state index in [1.165, 1.54) is 18.2 Å². The fourth-order valence-corrected chi connectivity index (χ4v) is 4.02. The Morgan fingerprint density at radius 2 is 2.19 bits per heavy atom. The van der Waals surface area contributed by atoms with Crippen molar-refractivity contribution in [3.05, 3.63) is 57.6 Å².